The quantitative estimate of drug-likeness (QED) is 0.839. The van der Waals surface area contributed by atoms with Crippen molar-refractivity contribution in [2.45, 2.75) is 6.42 Å². The van der Waals surface area contributed by atoms with Crippen LogP contribution in [-0.4, -0.2) is 49.8 Å². The zero-order chi connectivity index (χ0) is 13.1. The van der Waals surface area contributed by atoms with Crippen LogP contribution >= 0.6 is 0 Å². The number of carbonyl (C=O) groups excluding carboxylic acids is 1. The van der Waals surface area contributed by atoms with Crippen LogP contribution in [-0.2, 0) is 4.79 Å². The molecule has 0 aliphatic heterocycles. The summed E-state index contributed by atoms with van der Waals surface area (Å²) >= 11 is 0. The highest BCUT2D eigenvalue weighted by Gasteiger charge is 2.18. The Bertz CT molecular complexity index is 593. The largest absolute Gasteiger partial charge is 0.481 e. The summed E-state index contributed by atoms with van der Waals surface area (Å²) in [5.41, 5.74) is 0.681. The lowest BCUT2D eigenvalue weighted by molar-refractivity contribution is -0.137. The average Bonchev–Trinajstić information content (AvgIpc) is 2.82. The maximum atomic E-state index is 12.1. The number of fused-ring (bicyclic) bond motifs is 1. The highest BCUT2D eigenvalue weighted by atomic mass is 16.4. The fourth-order valence-corrected chi connectivity index (χ4v) is 1.55. The summed E-state index contributed by atoms with van der Waals surface area (Å²) in [4.78, 5) is 31.9. The topological polar surface area (TPSA) is 87.8 Å². The van der Waals surface area contributed by atoms with Gasteiger partial charge in [-0.2, -0.15) is 0 Å². The number of hydrogen-bond donors (Lipinski definition) is 1. The van der Waals surface area contributed by atoms with Gasteiger partial charge < -0.3 is 14.4 Å². The minimum Gasteiger partial charge on any atom is -0.481 e. The molecule has 18 heavy (non-hydrogen) atoms. The van der Waals surface area contributed by atoms with Crippen molar-refractivity contribution in [3.05, 3.63) is 30.5 Å². The second kappa shape index (κ2) is 4.82. The smallest absolute Gasteiger partial charge is 0.305 e. The molecule has 2 aromatic rings. The molecule has 0 atom stereocenters. The lowest BCUT2D eigenvalue weighted by atomic mass is 10.3. The molecule has 1 N–H and O–H groups in total. The van der Waals surface area contributed by atoms with Gasteiger partial charge in [0.2, 0.25) is 0 Å². The van der Waals surface area contributed by atoms with Gasteiger partial charge in [-0.15, -0.1) is 0 Å². The maximum absolute atomic E-state index is 12.1. The van der Waals surface area contributed by atoms with Gasteiger partial charge in [0.1, 0.15) is 0 Å². The van der Waals surface area contributed by atoms with Crippen LogP contribution in [0.2, 0.25) is 0 Å². The number of carbonyl (C=O) groups is 2. The minimum atomic E-state index is -0.943. The Kier molecular flexibility index (Phi) is 3.22. The first-order chi connectivity index (χ1) is 8.59. The van der Waals surface area contributed by atoms with E-state index < -0.39 is 5.97 Å². The molecule has 0 aliphatic rings. The van der Waals surface area contributed by atoms with Crippen LogP contribution in [0.3, 0.4) is 0 Å². The van der Waals surface area contributed by atoms with E-state index in [1.54, 1.807) is 30.0 Å². The summed E-state index contributed by atoms with van der Waals surface area (Å²) in [6.45, 7) is 0.137. The second-order valence-corrected chi connectivity index (χ2v) is 3.80. The summed E-state index contributed by atoms with van der Waals surface area (Å²) in [6, 6.07) is 0. The van der Waals surface area contributed by atoms with Crippen LogP contribution in [0.1, 0.15) is 16.9 Å². The first-order valence-electron chi connectivity index (χ1n) is 5.34. The molecule has 0 radical (unpaired) electrons. The van der Waals surface area contributed by atoms with Crippen LogP contribution in [0.25, 0.3) is 5.65 Å². The monoisotopic (exact) mass is 248 g/mol. The summed E-state index contributed by atoms with van der Waals surface area (Å²) in [7, 11) is 1.54. The van der Waals surface area contributed by atoms with Crippen molar-refractivity contribution in [2.75, 3.05) is 13.6 Å². The molecule has 7 nitrogen and oxygen atoms in total. The first-order valence-corrected chi connectivity index (χ1v) is 5.34. The highest BCUT2D eigenvalue weighted by molar-refractivity contribution is 5.97. The molecule has 0 bridgehead atoms. The molecule has 0 aliphatic carbocycles. The standard InChI is InChI=1S/C11H12N4O3/c1-14(5-2-8(16)17)11(18)9-10-13-4-7-15(10)6-3-12-9/h3-4,6-7H,2,5H2,1H3,(H,16,17). The Labute approximate surface area is 103 Å². The van der Waals surface area contributed by atoms with Crippen LogP contribution in [0.15, 0.2) is 24.8 Å². The first kappa shape index (κ1) is 12.0. The summed E-state index contributed by atoms with van der Waals surface area (Å²) in [6.07, 6.45) is 6.39. The molecular weight excluding hydrogens is 236 g/mol. The van der Waals surface area contributed by atoms with Gasteiger partial charge in [-0.25, -0.2) is 9.97 Å². The van der Waals surface area contributed by atoms with Crippen molar-refractivity contribution in [1.29, 1.82) is 0 Å². The van der Waals surface area contributed by atoms with Crippen LogP contribution in [0, 0.1) is 0 Å². The third kappa shape index (κ3) is 2.29. The van der Waals surface area contributed by atoms with Crippen LogP contribution in [0.4, 0.5) is 0 Å². The van der Waals surface area contributed by atoms with E-state index in [1.165, 1.54) is 11.1 Å². The molecule has 0 unspecified atom stereocenters. The van der Waals surface area contributed by atoms with Crippen molar-refractivity contribution in [3.8, 4) is 0 Å². The van der Waals surface area contributed by atoms with Crippen LogP contribution in [0.5, 0.6) is 0 Å². The SMILES string of the molecule is CN(CCC(=O)O)C(=O)c1nccn2ccnc12. The molecule has 0 saturated carbocycles. The van der Waals surface area contributed by atoms with Gasteiger partial charge in [-0.3, -0.25) is 9.59 Å². The Morgan fingerprint density at radius 2 is 2.00 bits per heavy atom. The van der Waals surface area contributed by atoms with Gasteiger partial charge >= 0.3 is 5.97 Å². The van der Waals surface area contributed by atoms with Crippen LogP contribution < -0.4 is 0 Å². The molecule has 0 fully saturated rings. The number of rotatable bonds is 4. The normalized spacial score (nSPS) is 10.5. The van der Waals surface area contributed by atoms with Gasteiger partial charge in [0.25, 0.3) is 5.91 Å². The number of aromatic nitrogens is 3. The van der Waals surface area contributed by atoms with E-state index in [0.29, 0.717) is 5.65 Å². The van der Waals surface area contributed by atoms with Gasteiger partial charge in [0.15, 0.2) is 11.3 Å². The molecule has 94 valence electrons. The fraction of sp³-hybridized carbons (Fsp3) is 0.273. The lowest BCUT2D eigenvalue weighted by Gasteiger charge is -2.15. The summed E-state index contributed by atoms with van der Waals surface area (Å²) < 4.78 is 1.69. The van der Waals surface area contributed by atoms with Crippen molar-refractivity contribution in [2.24, 2.45) is 0 Å². The number of imidazole rings is 1. The molecule has 2 heterocycles. The maximum Gasteiger partial charge on any atom is 0.305 e. The zero-order valence-corrected chi connectivity index (χ0v) is 9.78. The van der Waals surface area contributed by atoms with E-state index in [4.69, 9.17) is 5.11 Å². The molecule has 0 aromatic carbocycles. The van der Waals surface area contributed by atoms with E-state index in [9.17, 15) is 9.59 Å². The Hall–Kier alpha value is -2.44. The van der Waals surface area contributed by atoms with Crippen molar-refractivity contribution < 1.29 is 14.7 Å². The average molecular weight is 248 g/mol. The Balaban J connectivity index is 2.22. The molecule has 7 heteroatoms. The van der Waals surface area contributed by atoms with Crippen molar-refractivity contribution >= 4 is 17.5 Å². The molecule has 0 saturated heterocycles. The van der Waals surface area contributed by atoms with Gasteiger partial charge in [0.05, 0.1) is 6.42 Å². The number of carboxylic acid groups (broad SMARTS) is 1. The Morgan fingerprint density at radius 3 is 2.67 bits per heavy atom. The predicted molar refractivity (Wildman–Crippen MR) is 62.2 cm³/mol. The fourth-order valence-electron chi connectivity index (χ4n) is 1.55. The number of amides is 1. The van der Waals surface area contributed by atoms with E-state index in [1.807, 2.05) is 0 Å². The number of hydrogen-bond acceptors (Lipinski definition) is 4. The van der Waals surface area contributed by atoms with Crippen molar-refractivity contribution in [1.82, 2.24) is 19.3 Å². The molecule has 1 amide bonds. The number of carboxylic acids is 1. The van der Waals surface area contributed by atoms with Gasteiger partial charge in [0, 0.05) is 38.4 Å². The second-order valence-electron chi connectivity index (χ2n) is 3.80. The number of nitrogens with zero attached hydrogens (tertiary/aromatic N) is 4. The van der Waals surface area contributed by atoms with E-state index >= 15 is 0 Å². The Morgan fingerprint density at radius 1 is 1.33 bits per heavy atom. The van der Waals surface area contributed by atoms with Crippen molar-refractivity contribution in [3.63, 3.8) is 0 Å². The molecule has 0 spiro atoms. The molecule has 2 aromatic heterocycles. The highest BCUT2D eigenvalue weighted by Crippen LogP contribution is 2.08. The van der Waals surface area contributed by atoms with E-state index in [-0.39, 0.29) is 24.6 Å². The van der Waals surface area contributed by atoms with Gasteiger partial charge in [-0.1, -0.05) is 0 Å². The third-order valence-corrected chi connectivity index (χ3v) is 2.52. The lowest BCUT2D eigenvalue weighted by Crippen LogP contribution is -2.30. The summed E-state index contributed by atoms with van der Waals surface area (Å²) in [5, 5.41) is 8.58. The van der Waals surface area contributed by atoms with E-state index in [0.717, 1.165) is 0 Å². The number of aliphatic carboxylic acids is 1. The molecular formula is C11H12N4O3. The zero-order valence-electron chi connectivity index (χ0n) is 9.78. The van der Waals surface area contributed by atoms with E-state index in [2.05, 4.69) is 9.97 Å². The third-order valence-electron chi connectivity index (χ3n) is 2.52. The minimum absolute atomic E-state index is 0.0974. The van der Waals surface area contributed by atoms with Gasteiger partial charge in [-0.05, 0) is 0 Å². The summed E-state index contributed by atoms with van der Waals surface area (Å²) in [5.74, 6) is -1.28. The predicted octanol–water partition coefficient (Wildman–Crippen LogP) is 0.276. The molecule has 2 rings (SSSR count).